The minimum absolute atomic E-state index is 0.929. The molecule has 2 heterocycles. The Morgan fingerprint density at radius 1 is 0.700 bits per heavy atom. The van der Waals surface area contributed by atoms with Crippen molar-refractivity contribution >= 4 is 22.1 Å². The third-order valence-corrected chi connectivity index (χ3v) is 3.55. The molecule has 0 unspecified atom stereocenters. The molecule has 2 N–H and O–H groups in total. The molecule has 0 bridgehead atoms. The number of hydrogen-bond donors (Lipinski definition) is 2. The molecule has 98 valence electrons. The number of fused-ring (bicyclic) bond motifs is 2. The van der Waals surface area contributed by atoms with Gasteiger partial charge in [-0.25, -0.2) is 9.97 Å². The van der Waals surface area contributed by atoms with Crippen molar-refractivity contribution in [3.8, 4) is 11.1 Å². The van der Waals surface area contributed by atoms with Crippen LogP contribution in [-0.4, -0.2) is 19.9 Å². The van der Waals surface area contributed by atoms with Crippen molar-refractivity contribution in [2.24, 2.45) is 0 Å². The first-order valence-electron chi connectivity index (χ1n) is 6.63. The van der Waals surface area contributed by atoms with E-state index in [1.807, 2.05) is 26.0 Å². The number of nitrogens with one attached hydrogen (secondary N) is 2. The Bertz CT molecular complexity index is 852. The van der Waals surface area contributed by atoms with Gasteiger partial charge in [0.2, 0.25) is 0 Å². The number of nitrogens with zero attached hydrogens (tertiary/aromatic N) is 2. The molecule has 0 aliphatic heterocycles. The molecule has 0 saturated heterocycles. The maximum atomic E-state index is 4.61. The standard InChI is InChI=1S/C16H14N4/c1-9-17-13-7-3-5-11(15(13)19-9)12-6-4-8-14-16(12)20-10(2)18-14/h3-8H,1-2H3,(H,17,19)(H,18,20). The number of imidazole rings is 2. The Balaban J connectivity index is 2.10. The molecule has 4 nitrogen and oxygen atoms in total. The summed E-state index contributed by atoms with van der Waals surface area (Å²) in [5.74, 6) is 1.86. The summed E-state index contributed by atoms with van der Waals surface area (Å²) in [7, 11) is 0. The smallest absolute Gasteiger partial charge is 0.104 e. The van der Waals surface area contributed by atoms with E-state index in [1.165, 1.54) is 0 Å². The number of aryl methyl sites for hydroxylation is 2. The van der Waals surface area contributed by atoms with Crippen molar-refractivity contribution in [3.05, 3.63) is 48.0 Å². The Morgan fingerprint density at radius 3 is 1.60 bits per heavy atom. The van der Waals surface area contributed by atoms with Crippen LogP contribution >= 0.6 is 0 Å². The van der Waals surface area contributed by atoms with Gasteiger partial charge < -0.3 is 9.97 Å². The zero-order chi connectivity index (χ0) is 13.7. The second kappa shape index (κ2) is 3.93. The van der Waals surface area contributed by atoms with E-state index in [9.17, 15) is 0 Å². The fourth-order valence-corrected chi connectivity index (χ4v) is 2.75. The molecule has 0 amide bonds. The van der Waals surface area contributed by atoms with Gasteiger partial charge >= 0.3 is 0 Å². The van der Waals surface area contributed by atoms with Crippen LogP contribution in [0.4, 0.5) is 0 Å². The van der Waals surface area contributed by atoms with E-state index >= 15 is 0 Å². The summed E-state index contributed by atoms with van der Waals surface area (Å²) in [6, 6.07) is 12.4. The van der Waals surface area contributed by atoms with Crippen LogP contribution in [0.25, 0.3) is 33.2 Å². The first kappa shape index (κ1) is 11.2. The van der Waals surface area contributed by atoms with Crippen molar-refractivity contribution in [3.63, 3.8) is 0 Å². The maximum Gasteiger partial charge on any atom is 0.104 e. The van der Waals surface area contributed by atoms with E-state index < -0.39 is 0 Å². The fraction of sp³-hybridized carbons (Fsp3) is 0.125. The summed E-state index contributed by atoms with van der Waals surface area (Å²) in [6.45, 7) is 3.95. The molecule has 0 spiro atoms. The van der Waals surface area contributed by atoms with Gasteiger partial charge in [0, 0.05) is 11.1 Å². The van der Waals surface area contributed by atoms with Gasteiger partial charge in [0.25, 0.3) is 0 Å². The Labute approximate surface area is 115 Å². The molecule has 0 radical (unpaired) electrons. The third-order valence-electron chi connectivity index (χ3n) is 3.55. The summed E-state index contributed by atoms with van der Waals surface area (Å²) < 4.78 is 0. The van der Waals surface area contributed by atoms with Crippen molar-refractivity contribution in [2.75, 3.05) is 0 Å². The molecule has 4 aromatic rings. The van der Waals surface area contributed by atoms with Gasteiger partial charge in [-0.1, -0.05) is 24.3 Å². The van der Waals surface area contributed by atoms with Gasteiger partial charge in [-0.3, -0.25) is 0 Å². The minimum Gasteiger partial charge on any atom is -0.342 e. The first-order chi connectivity index (χ1) is 9.72. The minimum atomic E-state index is 0.929. The largest absolute Gasteiger partial charge is 0.342 e. The molecule has 4 heteroatoms. The van der Waals surface area contributed by atoms with Crippen molar-refractivity contribution in [1.29, 1.82) is 0 Å². The predicted molar refractivity (Wildman–Crippen MR) is 80.7 cm³/mol. The normalized spacial score (nSPS) is 11.5. The summed E-state index contributed by atoms with van der Waals surface area (Å²) in [5.41, 5.74) is 6.35. The molecule has 2 aromatic carbocycles. The van der Waals surface area contributed by atoms with Crippen LogP contribution in [0.1, 0.15) is 11.6 Å². The predicted octanol–water partition coefficient (Wildman–Crippen LogP) is 3.72. The van der Waals surface area contributed by atoms with Crippen molar-refractivity contribution in [2.45, 2.75) is 13.8 Å². The average Bonchev–Trinajstić information content (AvgIpc) is 2.98. The lowest BCUT2D eigenvalue weighted by molar-refractivity contribution is 1.17. The molecular weight excluding hydrogens is 248 g/mol. The van der Waals surface area contributed by atoms with Gasteiger partial charge in [0.05, 0.1) is 22.1 Å². The molecule has 0 aliphatic rings. The highest BCUT2D eigenvalue weighted by Crippen LogP contribution is 2.31. The molecular formula is C16H14N4. The van der Waals surface area contributed by atoms with Gasteiger partial charge in [0.15, 0.2) is 0 Å². The molecule has 20 heavy (non-hydrogen) atoms. The zero-order valence-electron chi connectivity index (χ0n) is 11.4. The van der Waals surface area contributed by atoms with Crippen molar-refractivity contribution in [1.82, 2.24) is 19.9 Å². The number of aromatic nitrogens is 4. The van der Waals surface area contributed by atoms with Crippen LogP contribution in [0.2, 0.25) is 0 Å². The third kappa shape index (κ3) is 1.54. The average molecular weight is 262 g/mol. The van der Waals surface area contributed by atoms with E-state index in [0.717, 1.165) is 44.8 Å². The Morgan fingerprint density at radius 2 is 1.15 bits per heavy atom. The van der Waals surface area contributed by atoms with Gasteiger partial charge in [-0.15, -0.1) is 0 Å². The number of H-pyrrole nitrogens is 2. The molecule has 4 rings (SSSR count). The molecule has 0 saturated carbocycles. The first-order valence-corrected chi connectivity index (χ1v) is 6.63. The van der Waals surface area contributed by atoms with E-state index in [2.05, 4.69) is 44.2 Å². The molecule has 0 fully saturated rings. The Hall–Kier alpha value is -2.62. The topological polar surface area (TPSA) is 57.4 Å². The lowest BCUT2D eigenvalue weighted by atomic mass is 10.0. The number of rotatable bonds is 1. The van der Waals surface area contributed by atoms with Crippen LogP contribution in [0.5, 0.6) is 0 Å². The number of para-hydroxylation sites is 2. The molecule has 0 aliphatic carbocycles. The van der Waals surface area contributed by atoms with Gasteiger partial charge in [-0.2, -0.15) is 0 Å². The van der Waals surface area contributed by atoms with Crippen molar-refractivity contribution < 1.29 is 0 Å². The summed E-state index contributed by atoms with van der Waals surface area (Å²) in [4.78, 5) is 15.8. The number of benzene rings is 2. The molecule has 0 atom stereocenters. The second-order valence-corrected chi connectivity index (χ2v) is 5.05. The second-order valence-electron chi connectivity index (χ2n) is 5.05. The Kier molecular flexibility index (Phi) is 2.21. The van der Waals surface area contributed by atoms with Crippen LogP contribution in [0.3, 0.4) is 0 Å². The van der Waals surface area contributed by atoms with Gasteiger partial charge in [-0.05, 0) is 26.0 Å². The highest BCUT2D eigenvalue weighted by molar-refractivity contribution is 6.00. The van der Waals surface area contributed by atoms with Crippen LogP contribution in [0.15, 0.2) is 36.4 Å². The maximum absolute atomic E-state index is 4.61. The van der Waals surface area contributed by atoms with Gasteiger partial charge in [0.1, 0.15) is 11.6 Å². The van der Waals surface area contributed by atoms with E-state index in [4.69, 9.17) is 0 Å². The zero-order valence-corrected chi connectivity index (χ0v) is 11.4. The summed E-state index contributed by atoms with van der Waals surface area (Å²) >= 11 is 0. The van der Waals surface area contributed by atoms with E-state index in [1.54, 1.807) is 0 Å². The number of hydrogen-bond acceptors (Lipinski definition) is 2. The quantitative estimate of drug-likeness (QED) is 0.549. The lowest BCUT2D eigenvalue weighted by Crippen LogP contribution is -1.83. The van der Waals surface area contributed by atoms with E-state index in [0.29, 0.717) is 0 Å². The number of aromatic amines is 2. The SMILES string of the molecule is Cc1nc2c(-c3cccc4[nH]c(C)nc34)cccc2[nH]1. The fourth-order valence-electron chi connectivity index (χ4n) is 2.75. The summed E-state index contributed by atoms with van der Waals surface area (Å²) in [5, 5.41) is 0. The van der Waals surface area contributed by atoms with Crippen LogP contribution in [-0.2, 0) is 0 Å². The van der Waals surface area contributed by atoms with E-state index in [-0.39, 0.29) is 0 Å². The summed E-state index contributed by atoms with van der Waals surface area (Å²) in [6.07, 6.45) is 0. The lowest BCUT2D eigenvalue weighted by Gasteiger charge is -2.03. The molecule has 2 aromatic heterocycles. The highest BCUT2D eigenvalue weighted by Gasteiger charge is 2.12. The monoisotopic (exact) mass is 262 g/mol. The van der Waals surface area contributed by atoms with Crippen LogP contribution in [0, 0.1) is 13.8 Å². The highest BCUT2D eigenvalue weighted by atomic mass is 14.9. The van der Waals surface area contributed by atoms with Crippen LogP contribution < -0.4 is 0 Å².